The lowest BCUT2D eigenvalue weighted by atomic mass is 10.1. The number of halogens is 1. The van der Waals surface area contributed by atoms with Crippen LogP contribution < -0.4 is 9.47 Å². The summed E-state index contributed by atoms with van der Waals surface area (Å²) in [5.41, 5.74) is 1.64. The van der Waals surface area contributed by atoms with Crippen LogP contribution in [0.1, 0.15) is 22.3 Å². The van der Waals surface area contributed by atoms with Crippen molar-refractivity contribution in [2.24, 2.45) is 0 Å². The van der Waals surface area contributed by atoms with Crippen molar-refractivity contribution >= 4 is 23.5 Å². The van der Waals surface area contributed by atoms with E-state index in [1.807, 2.05) is 30.4 Å². The molecule has 0 aromatic heterocycles. The van der Waals surface area contributed by atoms with E-state index in [1.165, 1.54) is 0 Å². The van der Waals surface area contributed by atoms with Gasteiger partial charge in [0, 0.05) is 17.0 Å². The van der Waals surface area contributed by atoms with Crippen molar-refractivity contribution in [1.29, 1.82) is 0 Å². The van der Waals surface area contributed by atoms with E-state index >= 15 is 0 Å². The first kappa shape index (κ1) is 13.7. The standard InChI is InChI=1S/C17H13ClO3/c18-14-7-5-13(6-8-14)15(19)3-1-2-12-4-9-16-17(10-12)21-11-20-16/h1-2,4-10H,3,11H2/b2-1+. The minimum atomic E-state index is 0.0589. The van der Waals surface area contributed by atoms with Crippen molar-refractivity contribution < 1.29 is 14.3 Å². The van der Waals surface area contributed by atoms with Gasteiger partial charge in [-0.05, 0) is 42.0 Å². The summed E-state index contributed by atoms with van der Waals surface area (Å²) in [5, 5.41) is 0.627. The third kappa shape index (κ3) is 3.26. The molecule has 3 rings (SSSR count). The molecule has 0 N–H and O–H groups in total. The van der Waals surface area contributed by atoms with E-state index in [4.69, 9.17) is 21.1 Å². The minimum absolute atomic E-state index is 0.0589. The molecule has 0 bridgehead atoms. The Morgan fingerprint density at radius 1 is 1.10 bits per heavy atom. The van der Waals surface area contributed by atoms with Crippen molar-refractivity contribution in [2.75, 3.05) is 6.79 Å². The molecule has 4 heteroatoms. The second kappa shape index (κ2) is 6.02. The summed E-state index contributed by atoms with van der Waals surface area (Å²) in [5.74, 6) is 1.55. The molecule has 0 saturated carbocycles. The number of fused-ring (bicyclic) bond motifs is 1. The Morgan fingerprint density at radius 3 is 2.67 bits per heavy atom. The van der Waals surface area contributed by atoms with Crippen LogP contribution in [0, 0.1) is 0 Å². The quantitative estimate of drug-likeness (QED) is 0.787. The highest BCUT2D eigenvalue weighted by molar-refractivity contribution is 6.30. The van der Waals surface area contributed by atoms with Crippen molar-refractivity contribution in [3.8, 4) is 11.5 Å². The summed E-state index contributed by atoms with van der Waals surface area (Å²) in [6, 6.07) is 12.6. The monoisotopic (exact) mass is 300 g/mol. The highest BCUT2D eigenvalue weighted by Crippen LogP contribution is 2.32. The van der Waals surface area contributed by atoms with Crippen LogP contribution in [0.3, 0.4) is 0 Å². The molecule has 2 aromatic rings. The normalized spacial score (nSPS) is 12.8. The Labute approximate surface area is 127 Å². The Kier molecular flexibility index (Phi) is 3.93. The third-order valence-electron chi connectivity index (χ3n) is 3.18. The summed E-state index contributed by atoms with van der Waals surface area (Å²) in [6.07, 6.45) is 4.08. The molecule has 3 nitrogen and oxygen atoms in total. The molecule has 1 aliphatic heterocycles. The number of allylic oxidation sites excluding steroid dienone is 1. The van der Waals surface area contributed by atoms with Gasteiger partial charge in [0.15, 0.2) is 17.3 Å². The first-order valence-corrected chi connectivity index (χ1v) is 6.95. The smallest absolute Gasteiger partial charge is 0.231 e. The van der Waals surface area contributed by atoms with Crippen LogP contribution in [0.15, 0.2) is 48.5 Å². The third-order valence-corrected chi connectivity index (χ3v) is 3.43. The zero-order chi connectivity index (χ0) is 14.7. The first-order valence-electron chi connectivity index (χ1n) is 6.57. The van der Waals surface area contributed by atoms with Gasteiger partial charge in [-0.15, -0.1) is 0 Å². The van der Waals surface area contributed by atoms with Gasteiger partial charge in [-0.2, -0.15) is 0 Å². The van der Waals surface area contributed by atoms with Gasteiger partial charge >= 0.3 is 0 Å². The van der Waals surface area contributed by atoms with Gasteiger partial charge in [0.2, 0.25) is 6.79 Å². The van der Waals surface area contributed by atoms with E-state index in [1.54, 1.807) is 24.3 Å². The fourth-order valence-corrected chi connectivity index (χ4v) is 2.20. The number of carbonyl (C=O) groups excluding carboxylic acids is 1. The van der Waals surface area contributed by atoms with Gasteiger partial charge in [-0.1, -0.05) is 29.8 Å². The van der Waals surface area contributed by atoms with Crippen LogP contribution >= 0.6 is 11.6 Å². The molecule has 1 aliphatic rings. The lowest BCUT2D eigenvalue weighted by Gasteiger charge is -1.99. The van der Waals surface area contributed by atoms with Crippen LogP contribution in [0.2, 0.25) is 5.02 Å². The number of ether oxygens (including phenoxy) is 2. The Bertz CT molecular complexity index is 690. The molecule has 0 amide bonds. The molecule has 0 spiro atoms. The molecular weight excluding hydrogens is 288 g/mol. The SMILES string of the molecule is O=C(C/C=C/c1ccc2c(c1)OCO2)c1ccc(Cl)cc1. The number of hydrogen-bond acceptors (Lipinski definition) is 3. The van der Waals surface area contributed by atoms with Crippen LogP contribution in [-0.2, 0) is 0 Å². The van der Waals surface area contributed by atoms with Crippen LogP contribution in [0.25, 0.3) is 6.08 Å². The van der Waals surface area contributed by atoms with Crippen LogP contribution in [0.4, 0.5) is 0 Å². The minimum Gasteiger partial charge on any atom is -0.454 e. The molecule has 0 saturated heterocycles. The van der Waals surface area contributed by atoms with Gasteiger partial charge in [0.25, 0.3) is 0 Å². The second-order valence-electron chi connectivity index (χ2n) is 4.65. The lowest BCUT2D eigenvalue weighted by molar-refractivity contribution is 0.0996. The zero-order valence-corrected chi connectivity index (χ0v) is 12.0. The van der Waals surface area contributed by atoms with Crippen molar-refractivity contribution in [3.05, 3.63) is 64.7 Å². The fraction of sp³-hybridized carbons (Fsp3) is 0.118. The van der Waals surface area contributed by atoms with Gasteiger partial charge < -0.3 is 9.47 Å². The van der Waals surface area contributed by atoms with E-state index in [9.17, 15) is 4.79 Å². The molecule has 0 radical (unpaired) electrons. The molecular formula is C17H13ClO3. The molecule has 1 heterocycles. The number of benzene rings is 2. The number of rotatable bonds is 4. The van der Waals surface area contributed by atoms with Gasteiger partial charge in [-0.3, -0.25) is 4.79 Å². The summed E-state index contributed by atoms with van der Waals surface area (Å²) in [4.78, 5) is 12.0. The van der Waals surface area contributed by atoms with Crippen LogP contribution in [0.5, 0.6) is 11.5 Å². The number of Topliss-reactive ketones (excluding diaryl/α,β-unsaturated/α-hetero) is 1. The van der Waals surface area contributed by atoms with Gasteiger partial charge in [0.05, 0.1) is 0 Å². The molecule has 0 fully saturated rings. The summed E-state index contributed by atoms with van der Waals surface area (Å²) < 4.78 is 10.6. The van der Waals surface area contributed by atoms with Gasteiger partial charge in [-0.25, -0.2) is 0 Å². The van der Waals surface area contributed by atoms with E-state index in [0.717, 1.165) is 17.1 Å². The molecule has 0 aliphatic carbocycles. The summed E-state index contributed by atoms with van der Waals surface area (Å²) in [6.45, 7) is 0.261. The lowest BCUT2D eigenvalue weighted by Crippen LogP contribution is -1.96. The van der Waals surface area contributed by atoms with Crippen LogP contribution in [-0.4, -0.2) is 12.6 Å². The highest BCUT2D eigenvalue weighted by atomic mass is 35.5. The average molecular weight is 301 g/mol. The molecule has 0 atom stereocenters. The van der Waals surface area contributed by atoms with Crippen molar-refractivity contribution in [2.45, 2.75) is 6.42 Å². The maximum Gasteiger partial charge on any atom is 0.231 e. The number of carbonyl (C=O) groups is 1. The van der Waals surface area contributed by atoms with Gasteiger partial charge in [0.1, 0.15) is 0 Å². The molecule has 21 heavy (non-hydrogen) atoms. The number of ketones is 1. The highest BCUT2D eigenvalue weighted by Gasteiger charge is 2.12. The molecule has 2 aromatic carbocycles. The van der Waals surface area contributed by atoms with Crippen molar-refractivity contribution in [3.63, 3.8) is 0 Å². The second-order valence-corrected chi connectivity index (χ2v) is 5.09. The maximum absolute atomic E-state index is 12.0. The Hall–Kier alpha value is -2.26. The predicted octanol–water partition coefficient (Wildman–Crippen LogP) is 4.35. The van der Waals surface area contributed by atoms with E-state index in [-0.39, 0.29) is 12.6 Å². The van der Waals surface area contributed by atoms with E-state index in [2.05, 4.69) is 0 Å². The topological polar surface area (TPSA) is 35.5 Å². The first-order chi connectivity index (χ1) is 10.2. The Morgan fingerprint density at radius 2 is 1.86 bits per heavy atom. The predicted molar refractivity (Wildman–Crippen MR) is 82.0 cm³/mol. The van der Waals surface area contributed by atoms with Crippen molar-refractivity contribution in [1.82, 2.24) is 0 Å². The summed E-state index contributed by atoms with van der Waals surface area (Å²) in [7, 11) is 0. The zero-order valence-electron chi connectivity index (χ0n) is 11.2. The molecule has 0 unspecified atom stereocenters. The largest absolute Gasteiger partial charge is 0.454 e. The maximum atomic E-state index is 12.0. The van der Waals surface area contributed by atoms with E-state index < -0.39 is 0 Å². The fourth-order valence-electron chi connectivity index (χ4n) is 2.07. The summed E-state index contributed by atoms with van der Waals surface area (Å²) >= 11 is 5.80. The van der Waals surface area contributed by atoms with E-state index in [0.29, 0.717) is 17.0 Å². The number of hydrogen-bond donors (Lipinski definition) is 0. The molecule has 106 valence electrons. The Balaban J connectivity index is 1.64. The average Bonchev–Trinajstić information content (AvgIpc) is 2.95.